The van der Waals surface area contributed by atoms with E-state index in [0.717, 1.165) is 19.3 Å². The highest BCUT2D eigenvalue weighted by molar-refractivity contribution is 7.79. The molecule has 1 fully saturated rings. The van der Waals surface area contributed by atoms with Crippen molar-refractivity contribution in [3.05, 3.63) is 0 Å². The smallest absolute Gasteiger partial charge is 0.0739 e. The average molecular weight is 207 g/mol. The summed E-state index contributed by atoms with van der Waals surface area (Å²) < 4.78 is 32.1. The summed E-state index contributed by atoms with van der Waals surface area (Å²) in [6.07, 6.45) is 2.14. The van der Waals surface area contributed by atoms with E-state index in [4.69, 9.17) is 9.47 Å². The largest absolute Gasteiger partial charge is 0.772 e. The van der Waals surface area contributed by atoms with Gasteiger partial charge in [0.2, 0.25) is 0 Å². The highest BCUT2D eigenvalue weighted by Crippen LogP contribution is 2.26. The lowest BCUT2D eigenvalue weighted by molar-refractivity contribution is -0.00557. The first-order chi connectivity index (χ1) is 6.20. The first kappa shape index (κ1) is 11.1. The molecule has 13 heavy (non-hydrogen) atoms. The number of ether oxygens (including phenoxy) is 2. The minimum atomic E-state index is -2.11. The van der Waals surface area contributed by atoms with Gasteiger partial charge in [0.25, 0.3) is 0 Å². The zero-order chi connectivity index (χ0) is 9.84. The Bertz CT molecular complexity index is 173. The predicted octanol–water partition coefficient (Wildman–Crippen LogP) is 0.448. The van der Waals surface area contributed by atoms with Gasteiger partial charge in [-0.25, -0.2) is 0 Å². The van der Waals surface area contributed by atoms with Crippen LogP contribution in [0, 0.1) is 0 Å². The van der Waals surface area contributed by atoms with E-state index < -0.39 is 16.3 Å². The van der Waals surface area contributed by atoms with Crippen LogP contribution in [0.5, 0.6) is 0 Å². The third-order valence-electron chi connectivity index (χ3n) is 2.54. The predicted molar refractivity (Wildman–Crippen MR) is 48.2 cm³/mol. The second-order valence-corrected chi connectivity index (χ2v) is 4.27. The number of rotatable bonds is 3. The molecule has 1 aliphatic carbocycles. The first-order valence-corrected chi connectivity index (χ1v) is 5.48. The van der Waals surface area contributed by atoms with Gasteiger partial charge in [-0.1, -0.05) is 0 Å². The molecule has 0 aromatic rings. The van der Waals surface area contributed by atoms with E-state index in [1.165, 1.54) is 0 Å². The zero-order valence-electron chi connectivity index (χ0n) is 7.89. The molecule has 0 aromatic heterocycles. The molecular formula is C8H15O4S-. The van der Waals surface area contributed by atoms with E-state index in [1.807, 2.05) is 0 Å². The van der Waals surface area contributed by atoms with E-state index in [-0.39, 0.29) is 12.2 Å². The molecule has 0 heterocycles. The Morgan fingerprint density at radius 1 is 1.23 bits per heavy atom. The third kappa shape index (κ3) is 2.49. The summed E-state index contributed by atoms with van der Waals surface area (Å²) in [4.78, 5) is 0. The second-order valence-electron chi connectivity index (χ2n) is 3.20. The monoisotopic (exact) mass is 207 g/mol. The number of hydrogen-bond acceptors (Lipinski definition) is 4. The molecule has 0 spiro atoms. The topological polar surface area (TPSA) is 58.6 Å². The molecular weight excluding hydrogens is 192 g/mol. The molecule has 1 saturated carbocycles. The molecule has 0 bridgehead atoms. The zero-order valence-corrected chi connectivity index (χ0v) is 8.71. The Labute approximate surface area is 80.9 Å². The number of hydrogen-bond donors (Lipinski definition) is 0. The fraction of sp³-hybridized carbons (Fsp3) is 1.00. The molecule has 78 valence electrons. The van der Waals surface area contributed by atoms with Gasteiger partial charge >= 0.3 is 0 Å². The summed E-state index contributed by atoms with van der Waals surface area (Å²) in [5.41, 5.74) is 0. The third-order valence-corrected chi connectivity index (χ3v) is 3.59. The lowest BCUT2D eigenvalue weighted by Crippen LogP contribution is -2.46. The summed E-state index contributed by atoms with van der Waals surface area (Å²) in [6, 6.07) is 0. The Kier molecular flexibility index (Phi) is 4.31. The second kappa shape index (κ2) is 5.05. The van der Waals surface area contributed by atoms with Crippen molar-refractivity contribution in [3.63, 3.8) is 0 Å². The van der Waals surface area contributed by atoms with Crippen LogP contribution in [-0.4, -0.2) is 40.4 Å². The Balaban J connectivity index is 2.69. The standard InChI is InChI=1S/C8H16O4S/c1-11-6-4-3-5-7(12-2)8(6)13(9)10/h6-8H,3-5H2,1-2H3,(H,9,10)/p-1. The molecule has 5 heteroatoms. The van der Waals surface area contributed by atoms with Crippen molar-refractivity contribution >= 4 is 11.1 Å². The van der Waals surface area contributed by atoms with Gasteiger partial charge in [0.1, 0.15) is 0 Å². The van der Waals surface area contributed by atoms with Crippen molar-refractivity contribution in [3.8, 4) is 0 Å². The van der Waals surface area contributed by atoms with E-state index in [1.54, 1.807) is 14.2 Å². The van der Waals surface area contributed by atoms with Crippen LogP contribution in [0.25, 0.3) is 0 Å². The van der Waals surface area contributed by atoms with Gasteiger partial charge < -0.3 is 14.0 Å². The lowest BCUT2D eigenvalue weighted by atomic mass is 9.94. The van der Waals surface area contributed by atoms with Crippen molar-refractivity contribution in [2.75, 3.05) is 14.2 Å². The van der Waals surface area contributed by atoms with Crippen LogP contribution in [0.4, 0.5) is 0 Å². The summed E-state index contributed by atoms with van der Waals surface area (Å²) in [6.45, 7) is 0. The number of methoxy groups -OCH3 is 2. The summed E-state index contributed by atoms with van der Waals surface area (Å²) in [5, 5.41) is -0.510. The van der Waals surface area contributed by atoms with Crippen molar-refractivity contribution in [2.45, 2.75) is 36.7 Å². The molecule has 3 unspecified atom stereocenters. The van der Waals surface area contributed by atoms with E-state index in [0.29, 0.717) is 0 Å². The van der Waals surface area contributed by atoms with Crippen molar-refractivity contribution in [1.29, 1.82) is 0 Å². The SMILES string of the molecule is COC1CCCC(OC)C1S(=O)[O-]. The molecule has 0 N–H and O–H groups in total. The van der Waals surface area contributed by atoms with Gasteiger partial charge in [0, 0.05) is 14.2 Å². The van der Waals surface area contributed by atoms with Gasteiger partial charge in [-0.05, 0) is 30.3 Å². The van der Waals surface area contributed by atoms with E-state index >= 15 is 0 Å². The van der Waals surface area contributed by atoms with E-state index in [9.17, 15) is 8.76 Å². The van der Waals surface area contributed by atoms with Crippen molar-refractivity contribution in [2.24, 2.45) is 0 Å². The van der Waals surface area contributed by atoms with Crippen LogP contribution >= 0.6 is 0 Å². The summed E-state index contributed by atoms with van der Waals surface area (Å²) in [5.74, 6) is 0. The normalized spacial score (nSPS) is 37.3. The average Bonchev–Trinajstić information content (AvgIpc) is 2.16. The maximum absolute atomic E-state index is 10.9. The molecule has 1 rings (SSSR count). The Morgan fingerprint density at radius 3 is 2.00 bits per heavy atom. The van der Waals surface area contributed by atoms with Gasteiger partial charge in [0.05, 0.1) is 17.5 Å². The fourth-order valence-corrected chi connectivity index (χ4v) is 2.83. The molecule has 0 aromatic carbocycles. The van der Waals surface area contributed by atoms with E-state index in [2.05, 4.69) is 0 Å². The lowest BCUT2D eigenvalue weighted by Gasteiger charge is -2.37. The maximum Gasteiger partial charge on any atom is 0.0739 e. The Morgan fingerprint density at radius 2 is 1.69 bits per heavy atom. The molecule has 0 saturated heterocycles. The molecule has 4 nitrogen and oxygen atoms in total. The maximum atomic E-state index is 10.9. The minimum absolute atomic E-state index is 0.211. The van der Waals surface area contributed by atoms with Crippen LogP contribution in [0.2, 0.25) is 0 Å². The van der Waals surface area contributed by atoms with Crippen LogP contribution in [0.15, 0.2) is 0 Å². The van der Waals surface area contributed by atoms with Crippen LogP contribution in [0.3, 0.4) is 0 Å². The van der Waals surface area contributed by atoms with Crippen LogP contribution in [0.1, 0.15) is 19.3 Å². The quantitative estimate of drug-likeness (QED) is 0.630. The molecule has 0 aliphatic heterocycles. The minimum Gasteiger partial charge on any atom is -0.772 e. The van der Waals surface area contributed by atoms with Gasteiger partial charge in [-0.15, -0.1) is 0 Å². The fourth-order valence-electron chi connectivity index (χ4n) is 1.84. The highest BCUT2D eigenvalue weighted by Gasteiger charge is 2.34. The molecule has 1 aliphatic rings. The van der Waals surface area contributed by atoms with Crippen LogP contribution < -0.4 is 0 Å². The summed E-state index contributed by atoms with van der Waals surface area (Å²) in [7, 11) is 3.09. The van der Waals surface area contributed by atoms with Crippen molar-refractivity contribution in [1.82, 2.24) is 0 Å². The molecule has 0 radical (unpaired) electrons. The first-order valence-electron chi connectivity index (χ1n) is 4.34. The van der Waals surface area contributed by atoms with Crippen LogP contribution in [-0.2, 0) is 20.6 Å². The van der Waals surface area contributed by atoms with Gasteiger partial charge in [-0.3, -0.25) is 4.21 Å². The molecule has 0 amide bonds. The Hall–Kier alpha value is 0.0300. The highest BCUT2D eigenvalue weighted by atomic mass is 32.2. The van der Waals surface area contributed by atoms with Crippen molar-refractivity contribution < 1.29 is 18.2 Å². The van der Waals surface area contributed by atoms with Gasteiger partial charge in [0.15, 0.2) is 0 Å². The van der Waals surface area contributed by atoms with Gasteiger partial charge in [-0.2, -0.15) is 0 Å². The summed E-state index contributed by atoms with van der Waals surface area (Å²) >= 11 is -2.11. The molecule has 3 atom stereocenters.